The van der Waals surface area contributed by atoms with E-state index in [9.17, 15) is 0 Å². The zero-order chi connectivity index (χ0) is 11.7. The molecule has 1 aliphatic carbocycles. The minimum atomic E-state index is 0.745. The number of nitrogens with zero attached hydrogens (tertiary/aromatic N) is 1. The molecular formula is C14H18ClNO. The van der Waals surface area contributed by atoms with Crippen LogP contribution in [-0.4, -0.2) is 19.7 Å². The Kier molecular flexibility index (Phi) is 3.15. The standard InChI is InChI=1S/C14H18ClNO/c15-13-9-12(16-7-1-2-8-16)5-6-14(13)17-10-11-3-4-11/h5-6,9,11H,1-4,7-8,10H2. The molecule has 1 saturated carbocycles. The van der Waals surface area contributed by atoms with Gasteiger partial charge < -0.3 is 9.64 Å². The van der Waals surface area contributed by atoms with Gasteiger partial charge in [-0.05, 0) is 49.8 Å². The Labute approximate surface area is 108 Å². The molecule has 0 atom stereocenters. The summed E-state index contributed by atoms with van der Waals surface area (Å²) < 4.78 is 5.73. The lowest BCUT2D eigenvalue weighted by molar-refractivity contribution is 0.300. The topological polar surface area (TPSA) is 12.5 Å². The van der Waals surface area contributed by atoms with Crippen LogP contribution in [0.25, 0.3) is 0 Å². The van der Waals surface area contributed by atoms with Crippen LogP contribution in [0.3, 0.4) is 0 Å². The van der Waals surface area contributed by atoms with Gasteiger partial charge in [-0.2, -0.15) is 0 Å². The summed E-state index contributed by atoms with van der Waals surface area (Å²) in [5, 5.41) is 0.745. The van der Waals surface area contributed by atoms with Crippen molar-refractivity contribution in [2.45, 2.75) is 25.7 Å². The molecule has 3 rings (SSSR count). The van der Waals surface area contributed by atoms with Crippen LogP contribution in [0.15, 0.2) is 18.2 Å². The van der Waals surface area contributed by atoms with Crippen molar-refractivity contribution >= 4 is 17.3 Å². The summed E-state index contributed by atoms with van der Waals surface area (Å²) in [6.45, 7) is 3.12. The van der Waals surface area contributed by atoms with Gasteiger partial charge in [0.15, 0.2) is 0 Å². The normalized spacial score (nSPS) is 19.7. The summed E-state index contributed by atoms with van der Waals surface area (Å²) >= 11 is 6.26. The molecule has 92 valence electrons. The smallest absolute Gasteiger partial charge is 0.138 e. The first-order valence-corrected chi connectivity index (χ1v) is 6.88. The van der Waals surface area contributed by atoms with E-state index < -0.39 is 0 Å². The van der Waals surface area contributed by atoms with Gasteiger partial charge in [-0.1, -0.05) is 11.6 Å². The third-order valence-electron chi connectivity index (χ3n) is 3.56. The van der Waals surface area contributed by atoms with Gasteiger partial charge in [0.1, 0.15) is 5.75 Å². The first kappa shape index (κ1) is 11.2. The molecule has 2 nitrogen and oxygen atoms in total. The lowest BCUT2D eigenvalue weighted by Gasteiger charge is -2.18. The van der Waals surface area contributed by atoms with Gasteiger partial charge >= 0.3 is 0 Å². The van der Waals surface area contributed by atoms with Crippen LogP contribution >= 0.6 is 11.6 Å². The first-order chi connectivity index (χ1) is 8.33. The zero-order valence-electron chi connectivity index (χ0n) is 9.99. The van der Waals surface area contributed by atoms with Crippen molar-refractivity contribution in [3.8, 4) is 5.75 Å². The van der Waals surface area contributed by atoms with E-state index in [0.717, 1.165) is 36.4 Å². The van der Waals surface area contributed by atoms with Crippen molar-refractivity contribution in [3.63, 3.8) is 0 Å². The maximum absolute atomic E-state index is 6.26. The number of halogens is 1. The summed E-state index contributed by atoms with van der Waals surface area (Å²) in [7, 11) is 0. The molecule has 2 aliphatic rings. The minimum Gasteiger partial charge on any atom is -0.492 e. The third-order valence-corrected chi connectivity index (χ3v) is 3.85. The van der Waals surface area contributed by atoms with Crippen molar-refractivity contribution in [3.05, 3.63) is 23.2 Å². The number of ether oxygens (including phenoxy) is 1. The van der Waals surface area contributed by atoms with E-state index in [1.807, 2.05) is 12.1 Å². The average molecular weight is 252 g/mol. The van der Waals surface area contributed by atoms with Crippen molar-refractivity contribution < 1.29 is 4.74 Å². The van der Waals surface area contributed by atoms with Crippen LogP contribution in [0, 0.1) is 5.92 Å². The molecule has 1 aliphatic heterocycles. The number of hydrogen-bond donors (Lipinski definition) is 0. The summed E-state index contributed by atoms with van der Waals surface area (Å²) in [4.78, 5) is 2.39. The van der Waals surface area contributed by atoms with E-state index in [0.29, 0.717) is 0 Å². The van der Waals surface area contributed by atoms with Gasteiger partial charge in [-0.15, -0.1) is 0 Å². The monoisotopic (exact) mass is 251 g/mol. The molecule has 17 heavy (non-hydrogen) atoms. The van der Waals surface area contributed by atoms with Crippen LogP contribution < -0.4 is 9.64 Å². The molecule has 1 aromatic rings. The molecule has 0 spiro atoms. The summed E-state index contributed by atoms with van der Waals surface area (Å²) in [6, 6.07) is 6.17. The quantitative estimate of drug-likeness (QED) is 0.809. The lowest BCUT2D eigenvalue weighted by Crippen LogP contribution is -2.17. The van der Waals surface area contributed by atoms with Crippen LogP contribution in [0.4, 0.5) is 5.69 Å². The van der Waals surface area contributed by atoms with Crippen molar-refractivity contribution in [1.82, 2.24) is 0 Å². The fourth-order valence-corrected chi connectivity index (χ4v) is 2.50. The highest BCUT2D eigenvalue weighted by atomic mass is 35.5. The van der Waals surface area contributed by atoms with Gasteiger partial charge in [-0.25, -0.2) is 0 Å². The second kappa shape index (κ2) is 4.77. The van der Waals surface area contributed by atoms with Crippen LogP contribution in [0.1, 0.15) is 25.7 Å². The maximum atomic E-state index is 6.26. The molecule has 0 radical (unpaired) electrons. The SMILES string of the molecule is Clc1cc(N2CCCC2)ccc1OCC1CC1. The molecule has 2 fully saturated rings. The molecule has 1 aromatic carbocycles. The highest BCUT2D eigenvalue weighted by Crippen LogP contribution is 2.34. The molecule has 3 heteroatoms. The second-order valence-electron chi connectivity index (χ2n) is 5.06. The number of hydrogen-bond acceptors (Lipinski definition) is 2. The van der Waals surface area contributed by atoms with E-state index in [2.05, 4.69) is 11.0 Å². The molecule has 0 N–H and O–H groups in total. The third kappa shape index (κ3) is 2.68. The van der Waals surface area contributed by atoms with E-state index in [4.69, 9.17) is 16.3 Å². The van der Waals surface area contributed by atoms with Gasteiger partial charge in [0.05, 0.1) is 11.6 Å². The van der Waals surface area contributed by atoms with E-state index >= 15 is 0 Å². The fourth-order valence-electron chi connectivity index (χ4n) is 2.27. The van der Waals surface area contributed by atoms with E-state index in [1.54, 1.807) is 0 Å². The predicted octanol–water partition coefficient (Wildman–Crippen LogP) is 3.73. The Balaban J connectivity index is 1.68. The molecule has 0 amide bonds. The first-order valence-electron chi connectivity index (χ1n) is 6.50. The Bertz CT molecular complexity index is 397. The highest BCUT2D eigenvalue weighted by molar-refractivity contribution is 6.32. The summed E-state index contributed by atoms with van der Waals surface area (Å²) in [5.41, 5.74) is 1.23. The largest absolute Gasteiger partial charge is 0.492 e. The Morgan fingerprint density at radius 3 is 2.65 bits per heavy atom. The fraction of sp³-hybridized carbons (Fsp3) is 0.571. The summed E-state index contributed by atoms with van der Waals surface area (Å²) in [6.07, 6.45) is 5.20. The van der Waals surface area contributed by atoms with Crippen molar-refractivity contribution in [2.75, 3.05) is 24.6 Å². The van der Waals surface area contributed by atoms with Gasteiger partial charge in [0.25, 0.3) is 0 Å². The molecule has 0 aromatic heterocycles. The van der Waals surface area contributed by atoms with Crippen molar-refractivity contribution in [2.24, 2.45) is 5.92 Å². The number of benzene rings is 1. The second-order valence-corrected chi connectivity index (χ2v) is 5.47. The molecule has 0 unspecified atom stereocenters. The Morgan fingerprint density at radius 1 is 1.24 bits per heavy atom. The number of anilines is 1. The summed E-state index contributed by atoms with van der Waals surface area (Å²) in [5.74, 6) is 1.60. The van der Waals surface area contributed by atoms with E-state index in [-0.39, 0.29) is 0 Å². The predicted molar refractivity (Wildman–Crippen MR) is 71.1 cm³/mol. The van der Waals surface area contributed by atoms with Gasteiger partial charge in [-0.3, -0.25) is 0 Å². The van der Waals surface area contributed by atoms with Crippen LogP contribution in [0.5, 0.6) is 5.75 Å². The van der Waals surface area contributed by atoms with Crippen molar-refractivity contribution in [1.29, 1.82) is 0 Å². The van der Waals surface area contributed by atoms with Gasteiger partial charge in [0.2, 0.25) is 0 Å². The van der Waals surface area contributed by atoms with E-state index in [1.165, 1.54) is 31.4 Å². The lowest BCUT2D eigenvalue weighted by atomic mass is 10.3. The Morgan fingerprint density at radius 2 is 2.00 bits per heavy atom. The zero-order valence-corrected chi connectivity index (χ0v) is 10.7. The molecule has 1 heterocycles. The minimum absolute atomic E-state index is 0.745. The van der Waals surface area contributed by atoms with Gasteiger partial charge in [0, 0.05) is 18.8 Å². The molecule has 1 saturated heterocycles. The number of rotatable bonds is 4. The Hall–Kier alpha value is -0.890. The highest BCUT2D eigenvalue weighted by Gasteiger charge is 2.22. The molecular weight excluding hydrogens is 234 g/mol. The van der Waals surface area contributed by atoms with Crippen LogP contribution in [0.2, 0.25) is 5.02 Å². The van der Waals surface area contributed by atoms with Crippen LogP contribution in [-0.2, 0) is 0 Å². The maximum Gasteiger partial charge on any atom is 0.138 e. The molecule has 0 bridgehead atoms. The average Bonchev–Trinajstić information content (AvgIpc) is 3.00.